The fourth-order valence-corrected chi connectivity index (χ4v) is 2.30. The summed E-state index contributed by atoms with van der Waals surface area (Å²) >= 11 is 0.368. The number of halogens is 5. The van der Waals surface area contributed by atoms with Crippen LogP contribution in [0.2, 0.25) is 0 Å². The predicted octanol–water partition coefficient (Wildman–Crippen LogP) is 4.50. The van der Waals surface area contributed by atoms with Gasteiger partial charge in [-0.1, -0.05) is 11.8 Å². The first-order chi connectivity index (χ1) is 9.95. The third-order valence-corrected chi connectivity index (χ3v) is 3.47. The summed E-state index contributed by atoms with van der Waals surface area (Å²) in [4.78, 5) is 12.5. The Balaban J connectivity index is 2.42. The van der Waals surface area contributed by atoms with Gasteiger partial charge in [0.1, 0.15) is 0 Å². The Morgan fingerprint density at radius 1 is 0.810 bits per heavy atom. The van der Waals surface area contributed by atoms with Crippen molar-refractivity contribution in [1.29, 1.82) is 0 Å². The first-order valence-corrected chi connectivity index (χ1v) is 6.14. The summed E-state index contributed by atoms with van der Waals surface area (Å²) in [5.74, 6) is -10.0. The van der Waals surface area contributed by atoms with E-state index in [1.807, 2.05) is 0 Å². The van der Waals surface area contributed by atoms with Crippen molar-refractivity contribution in [3.05, 3.63) is 53.4 Å². The molecule has 0 aliphatic heterocycles. The lowest BCUT2D eigenvalue weighted by Crippen LogP contribution is -2.03. The molecule has 0 spiro atoms. The molecule has 0 atom stereocenters. The van der Waals surface area contributed by atoms with Crippen LogP contribution in [0.25, 0.3) is 0 Å². The Morgan fingerprint density at radius 2 is 1.29 bits per heavy atom. The van der Waals surface area contributed by atoms with Crippen molar-refractivity contribution in [2.24, 2.45) is 4.99 Å². The summed E-state index contributed by atoms with van der Waals surface area (Å²) in [6, 6.07) is 5.30. The Morgan fingerprint density at radius 3 is 1.76 bits per heavy atom. The van der Waals surface area contributed by atoms with Gasteiger partial charge in [-0.3, -0.25) is 0 Å². The van der Waals surface area contributed by atoms with Crippen LogP contribution in [0.15, 0.2) is 39.0 Å². The van der Waals surface area contributed by atoms with Crippen LogP contribution in [0.1, 0.15) is 0 Å². The standard InChI is InChI=1S/C13H4F5NOS/c14-8-9(15)11(17)13(12(18)10(8)16)21-7-3-1-6(2-4-7)19-5-20/h1-4H. The fraction of sp³-hybridized carbons (Fsp3) is 0. The maximum atomic E-state index is 13.5. The van der Waals surface area contributed by atoms with Crippen molar-refractivity contribution in [3.8, 4) is 0 Å². The molecule has 0 saturated carbocycles. The third kappa shape index (κ3) is 2.96. The van der Waals surface area contributed by atoms with Gasteiger partial charge in [0.2, 0.25) is 11.9 Å². The number of nitrogens with zero attached hydrogens (tertiary/aromatic N) is 1. The van der Waals surface area contributed by atoms with E-state index in [1.165, 1.54) is 30.3 Å². The minimum atomic E-state index is -2.20. The molecule has 8 heteroatoms. The third-order valence-electron chi connectivity index (χ3n) is 2.40. The molecule has 0 aliphatic rings. The van der Waals surface area contributed by atoms with Gasteiger partial charge >= 0.3 is 0 Å². The fourth-order valence-electron chi connectivity index (χ4n) is 1.43. The summed E-state index contributed by atoms with van der Waals surface area (Å²) in [6.07, 6.45) is 1.30. The predicted molar refractivity (Wildman–Crippen MR) is 64.6 cm³/mol. The molecule has 0 fully saturated rings. The number of aliphatic imine (C=N–C) groups is 1. The van der Waals surface area contributed by atoms with Crippen LogP contribution in [0.3, 0.4) is 0 Å². The van der Waals surface area contributed by atoms with Gasteiger partial charge in [-0.25, -0.2) is 26.7 Å². The molecule has 0 bridgehead atoms. The maximum absolute atomic E-state index is 13.5. The van der Waals surface area contributed by atoms with Crippen LogP contribution in [0.4, 0.5) is 27.6 Å². The summed E-state index contributed by atoms with van der Waals surface area (Å²) in [7, 11) is 0. The Bertz CT molecular complexity index is 712. The van der Waals surface area contributed by atoms with Crippen molar-refractivity contribution in [1.82, 2.24) is 0 Å². The smallest absolute Gasteiger partial charge is 0.211 e. The highest BCUT2D eigenvalue weighted by Crippen LogP contribution is 2.36. The highest BCUT2D eigenvalue weighted by molar-refractivity contribution is 7.99. The topological polar surface area (TPSA) is 29.4 Å². The van der Waals surface area contributed by atoms with E-state index in [-0.39, 0.29) is 10.6 Å². The van der Waals surface area contributed by atoms with Crippen molar-refractivity contribution >= 4 is 23.5 Å². The molecule has 2 aromatic carbocycles. The second-order valence-corrected chi connectivity index (χ2v) is 4.78. The Kier molecular flexibility index (Phi) is 4.40. The van der Waals surface area contributed by atoms with Crippen molar-refractivity contribution in [3.63, 3.8) is 0 Å². The van der Waals surface area contributed by atoms with E-state index in [2.05, 4.69) is 4.99 Å². The van der Waals surface area contributed by atoms with Crippen LogP contribution in [-0.4, -0.2) is 6.08 Å². The largest absolute Gasteiger partial charge is 0.240 e. The lowest BCUT2D eigenvalue weighted by Gasteiger charge is -2.07. The zero-order valence-corrected chi connectivity index (χ0v) is 10.8. The zero-order chi connectivity index (χ0) is 15.6. The van der Waals surface area contributed by atoms with Crippen LogP contribution in [-0.2, 0) is 4.79 Å². The van der Waals surface area contributed by atoms with E-state index in [4.69, 9.17) is 0 Å². The Hall–Kier alpha value is -2.18. The first kappa shape index (κ1) is 15.2. The van der Waals surface area contributed by atoms with Crippen molar-refractivity contribution < 1.29 is 26.7 Å². The van der Waals surface area contributed by atoms with Gasteiger partial charge in [0, 0.05) is 4.90 Å². The molecule has 0 heterocycles. The van der Waals surface area contributed by atoms with Gasteiger partial charge < -0.3 is 0 Å². The van der Waals surface area contributed by atoms with Gasteiger partial charge in [0.15, 0.2) is 23.3 Å². The van der Waals surface area contributed by atoms with Crippen molar-refractivity contribution in [2.45, 2.75) is 9.79 Å². The summed E-state index contributed by atoms with van der Waals surface area (Å²) in [6.45, 7) is 0. The minimum absolute atomic E-state index is 0.211. The number of hydrogen-bond donors (Lipinski definition) is 0. The highest BCUT2D eigenvalue weighted by atomic mass is 32.2. The zero-order valence-electron chi connectivity index (χ0n) is 9.96. The molecule has 0 N–H and O–H groups in total. The summed E-state index contributed by atoms with van der Waals surface area (Å²) in [5.41, 5.74) is 0.242. The van der Waals surface area contributed by atoms with Crippen LogP contribution < -0.4 is 0 Å². The SMILES string of the molecule is O=C=Nc1ccc(Sc2c(F)c(F)c(F)c(F)c2F)cc1. The molecule has 0 unspecified atom stereocenters. The van der Waals surface area contributed by atoms with Crippen molar-refractivity contribution in [2.75, 3.05) is 0 Å². The normalized spacial score (nSPS) is 10.3. The quantitative estimate of drug-likeness (QED) is 0.274. The second-order valence-electron chi connectivity index (χ2n) is 3.70. The monoisotopic (exact) mass is 317 g/mol. The molecule has 2 aromatic rings. The number of hydrogen-bond acceptors (Lipinski definition) is 3. The van der Waals surface area contributed by atoms with E-state index in [9.17, 15) is 26.7 Å². The van der Waals surface area contributed by atoms with Crippen LogP contribution >= 0.6 is 11.8 Å². The number of isocyanates is 1. The number of benzene rings is 2. The molecule has 2 rings (SSSR count). The molecular formula is C13H4F5NOS. The van der Waals surface area contributed by atoms with Gasteiger partial charge in [0.05, 0.1) is 10.6 Å². The molecule has 0 aromatic heterocycles. The van der Waals surface area contributed by atoms with Gasteiger partial charge in [0.25, 0.3) is 0 Å². The number of carbonyl (C=O) groups excluding carboxylic acids is 1. The van der Waals surface area contributed by atoms with Crippen LogP contribution in [0, 0.1) is 29.1 Å². The maximum Gasteiger partial charge on any atom is 0.240 e. The van der Waals surface area contributed by atoms with E-state index >= 15 is 0 Å². The molecule has 108 valence electrons. The molecule has 0 saturated heterocycles. The summed E-state index contributed by atoms with van der Waals surface area (Å²) < 4.78 is 65.9. The highest BCUT2D eigenvalue weighted by Gasteiger charge is 2.26. The lowest BCUT2D eigenvalue weighted by molar-refractivity contribution is 0.361. The lowest BCUT2D eigenvalue weighted by atomic mass is 10.3. The second kappa shape index (κ2) is 6.07. The molecule has 0 amide bonds. The molecule has 21 heavy (non-hydrogen) atoms. The van der Waals surface area contributed by atoms with Crippen LogP contribution in [0.5, 0.6) is 0 Å². The molecular weight excluding hydrogens is 313 g/mol. The Labute approximate surface area is 119 Å². The van der Waals surface area contributed by atoms with E-state index in [0.29, 0.717) is 11.8 Å². The van der Waals surface area contributed by atoms with E-state index < -0.39 is 34.0 Å². The average molecular weight is 317 g/mol. The summed E-state index contributed by atoms with van der Waals surface area (Å²) in [5, 5.41) is 0. The molecule has 0 aliphatic carbocycles. The van der Waals surface area contributed by atoms with E-state index in [0.717, 1.165) is 0 Å². The van der Waals surface area contributed by atoms with Gasteiger partial charge in [-0.05, 0) is 24.3 Å². The molecule has 0 radical (unpaired) electrons. The minimum Gasteiger partial charge on any atom is -0.211 e. The van der Waals surface area contributed by atoms with Gasteiger partial charge in [-0.15, -0.1) is 0 Å². The number of rotatable bonds is 3. The van der Waals surface area contributed by atoms with Gasteiger partial charge in [-0.2, -0.15) is 4.99 Å². The van der Waals surface area contributed by atoms with E-state index in [1.54, 1.807) is 0 Å². The average Bonchev–Trinajstić information content (AvgIpc) is 2.49. The first-order valence-electron chi connectivity index (χ1n) is 5.33. The molecule has 2 nitrogen and oxygen atoms in total.